The Hall–Kier alpha value is -0.790. The highest BCUT2D eigenvalue weighted by Crippen LogP contribution is 2.22. The van der Waals surface area contributed by atoms with Crippen LogP contribution in [0.4, 0.5) is 0 Å². The Bertz CT molecular complexity index is 254. The zero-order valence-corrected chi connectivity index (χ0v) is 11.6. The molecule has 0 aromatic carbocycles. The molecule has 0 saturated heterocycles. The van der Waals surface area contributed by atoms with Gasteiger partial charge in [0.2, 0.25) is 0 Å². The lowest BCUT2D eigenvalue weighted by atomic mass is 10.0. The normalized spacial score (nSPS) is 12.8. The Labute approximate surface area is 106 Å². The van der Waals surface area contributed by atoms with Gasteiger partial charge in [0.05, 0.1) is 6.33 Å². The van der Waals surface area contributed by atoms with E-state index in [4.69, 9.17) is 0 Å². The van der Waals surface area contributed by atoms with Gasteiger partial charge in [0.15, 0.2) is 0 Å². The first kappa shape index (κ1) is 14.3. The number of hydrogen-bond acceptors (Lipinski definition) is 1. The summed E-state index contributed by atoms with van der Waals surface area (Å²) in [5.41, 5.74) is 0. The van der Waals surface area contributed by atoms with Crippen LogP contribution in [0, 0.1) is 0 Å². The largest absolute Gasteiger partial charge is 0.334 e. The minimum absolute atomic E-state index is 0.681. The fourth-order valence-corrected chi connectivity index (χ4v) is 2.36. The molecular weight excluding hydrogens is 208 g/mol. The number of hydrogen-bond donors (Lipinski definition) is 0. The maximum atomic E-state index is 4.18. The summed E-state index contributed by atoms with van der Waals surface area (Å²) in [6.45, 7) is 4.54. The van der Waals surface area contributed by atoms with Gasteiger partial charge >= 0.3 is 0 Å². The number of unbranched alkanes of at least 4 members (excludes halogenated alkanes) is 5. The van der Waals surface area contributed by atoms with E-state index < -0.39 is 0 Å². The third kappa shape index (κ3) is 5.90. The van der Waals surface area contributed by atoms with Crippen LogP contribution in [0.2, 0.25) is 0 Å². The van der Waals surface area contributed by atoms with Crippen LogP contribution in [0.1, 0.15) is 77.7 Å². The number of rotatable bonds is 10. The van der Waals surface area contributed by atoms with Gasteiger partial charge in [0.1, 0.15) is 0 Å². The Morgan fingerprint density at radius 3 is 2.18 bits per heavy atom. The summed E-state index contributed by atoms with van der Waals surface area (Å²) >= 11 is 0. The van der Waals surface area contributed by atoms with Crippen LogP contribution in [0.15, 0.2) is 18.7 Å². The molecule has 0 radical (unpaired) electrons. The van der Waals surface area contributed by atoms with Gasteiger partial charge in [-0.1, -0.05) is 58.8 Å². The molecule has 0 aliphatic rings. The molecule has 0 spiro atoms. The van der Waals surface area contributed by atoms with E-state index in [-0.39, 0.29) is 0 Å². The van der Waals surface area contributed by atoms with Crippen molar-refractivity contribution in [2.24, 2.45) is 0 Å². The van der Waals surface area contributed by atoms with Crippen LogP contribution < -0.4 is 0 Å². The van der Waals surface area contributed by atoms with Crippen molar-refractivity contribution < 1.29 is 0 Å². The first-order chi connectivity index (χ1) is 8.38. The Morgan fingerprint density at radius 1 is 0.941 bits per heavy atom. The molecule has 2 nitrogen and oxygen atoms in total. The second kappa shape index (κ2) is 9.26. The maximum Gasteiger partial charge on any atom is 0.0948 e. The molecule has 0 aliphatic carbocycles. The third-order valence-electron chi connectivity index (χ3n) is 3.48. The highest BCUT2D eigenvalue weighted by Gasteiger charge is 2.09. The molecule has 1 heterocycles. The Kier molecular flexibility index (Phi) is 7.78. The van der Waals surface area contributed by atoms with Crippen molar-refractivity contribution in [1.29, 1.82) is 0 Å². The topological polar surface area (TPSA) is 17.8 Å². The minimum Gasteiger partial charge on any atom is -0.334 e. The molecule has 1 atom stereocenters. The standard InChI is InChI=1S/C15H28N2/c1-3-5-7-9-11-15(10-8-6-4-2)17-13-12-16-14-17/h12-15H,3-11H2,1-2H3. The molecule has 0 aliphatic heterocycles. The monoisotopic (exact) mass is 236 g/mol. The molecule has 1 rings (SSSR count). The summed E-state index contributed by atoms with van der Waals surface area (Å²) in [7, 11) is 0. The van der Waals surface area contributed by atoms with Gasteiger partial charge in [0, 0.05) is 18.4 Å². The molecule has 1 aromatic heterocycles. The first-order valence-electron chi connectivity index (χ1n) is 7.36. The van der Waals surface area contributed by atoms with Crippen molar-refractivity contribution in [3.8, 4) is 0 Å². The SMILES string of the molecule is CCCCCCC(CCCCC)n1ccnc1. The maximum absolute atomic E-state index is 4.18. The number of nitrogens with zero attached hydrogens (tertiary/aromatic N) is 2. The first-order valence-corrected chi connectivity index (χ1v) is 7.36. The molecule has 0 N–H and O–H groups in total. The van der Waals surface area contributed by atoms with Gasteiger partial charge in [-0.05, 0) is 12.8 Å². The molecule has 2 heteroatoms. The van der Waals surface area contributed by atoms with Crippen LogP contribution in [0.25, 0.3) is 0 Å². The van der Waals surface area contributed by atoms with E-state index in [0.29, 0.717) is 6.04 Å². The Morgan fingerprint density at radius 2 is 1.59 bits per heavy atom. The Balaban J connectivity index is 2.31. The summed E-state index contributed by atoms with van der Waals surface area (Å²) in [5.74, 6) is 0. The molecule has 0 bridgehead atoms. The molecular formula is C15H28N2. The van der Waals surface area contributed by atoms with Gasteiger partial charge in [-0.2, -0.15) is 0 Å². The van der Waals surface area contributed by atoms with Gasteiger partial charge in [-0.25, -0.2) is 4.98 Å². The van der Waals surface area contributed by atoms with Crippen LogP contribution in [0.3, 0.4) is 0 Å². The van der Waals surface area contributed by atoms with E-state index >= 15 is 0 Å². The van der Waals surface area contributed by atoms with Crippen molar-refractivity contribution >= 4 is 0 Å². The lowest BCUT2D eigenvalue weighted by molar-refractivity contribution is 0.398. The zero-order valence-electron chi connectivity index (χ0n) is 11.6. The average Bonchev–Trinajstić information content (AvgIpc) is 2.86. The van der Waals surface area contributed by atoms with E-state index in [1.165, 1.54) is 57.8 Å². The minimum atomic E-state index is 0.681. The van der Waals surface area contributed by atoms with Crippen molar-refractivity contribution in [3.63, 3.8) is 0 Å². The molecule has 0 saturated carbocycles. The van der Waals surface area contributed by atoms with Gasteiger partial charge in [-0.3, -0.25) is 0 Å². The average molecular weight is 236 g/mol. The lowest BCUT2D eigenvalue weighted by Gasteiger charge is -2.18. The lowest BCUT2D eigenvalue weighted by Crippen LogP contribution is -2.07. The summed E-state index contributed by atoms with van der Waals surface area (Å²) < 4.78 is 2.31. The van der Waals surface area contributed by atoms with Gasteiger partial charge < -0.3 is 4.57 Å². The van der Waals surface area contributed by atoms with Crippen LogP contribution in [-0.4, -0.2) is 9.55 Å². The van der Waals surface area contributed by atoms with E-state index in [1.54, 1.807) is 0 Å². The van der Waals surface area contributed by atoms with Gasteiger partial charge in [-0.15, -0.1) is 0 Å². The smallest absolute Gasteiger partial charge is 0.0948 e. The van der Waals surface area contributed by atoms with Crippen LogP contribution in [-0.2, 0) is 0 Å². The molecule has 17 heavy (non-hydrogen) atoms. The highest BCUT2D eigenvalue weighted by molar-refractivity contribution is 4.80. The van der Waals surface area contributed by atoms with Crippen LogP contribution >= 0.6 is 0 Å². The molecule has 0 fully saturated rings. The van der Waals surface area contributed by atoms with Crippen molar-refractivity contribution in [2.45, 2.75) is 77.7 Å². The fraction of sp³-hybridized carbons (Fsp3) is 0.800. The van der Waals surface area contributed by atoms with Crippen molar-refractivity contribution in [3.05, 3.63) is 18.7 Å². The zero-order chi connectivity index (χ0) is 12.3. The quantitative estimate of drug-likeness (QED) is 0.524. The third-order valence-corrected chi connectivity index (χ3v) is 3.48. The molecule has 1 unspecified atom stereocenters. The number of aromatic nitrogens is 2. The summed E-state index contributed by atoms with van der Waals surface area (Å²) in [6.07, 6.45) is 18.1. The van der Waals surface area contributed by atoms with E-state index in [9.17, 15) is 0 Å². The van der Waals surface area contributed by atoms with Crippen LogP contribution in [0.5, 0.6) is 0 Å². The highest BCUT2D eigenvalue weighted by atomic mass is 15.0. The summed E-state index contributed by atoms with van der Waals surface area (Å²) in [5, 5.41) is 0. The number of imidazole rings is 1. The summed E-state index contributed by atoms with van der Waals surface area (Å²) in [6, 6.07) is 0.681. The summed E-state index contributed by atoms with van der Waals surface area (Å²) in [4.78, 5) is 4.18. The second-order valence-corrected chi connectivity index (χ2v) is 5.01. The van der Waals surface area contributed by atoms with Gasteiger partial charge in [0.25, 0.3) is 0 Å². The molecule has 98 valence electrons. The predicted molar refractivity (Wildman–Crippen MR) is 74.2 cm³/mol. The second-order valence-electron chi connectivity index (χ2n) is 5.01. The van der Waals surface area contributed by atoms with E-state index in [1.807, 2.05) is 12.5 Å². The molecule has 0 amide bonds. The fourth-order valence-electron chi connectivity index (χ4n) is 2.36. The predicted octanol–water partition coefficient (Wildman–Crippen LogP) is 4.97. The van der Waals surface area contributed by atoms with E-state index in [2.05, 4.69) is 29.6 Å². The van der Waals surface area contributed by atoms with Crippen molar-refractivity contribution in [1.82, 2.24) is 9.55 Å². The molecule has 1 aromatic rings. The van der Waals surface area contributed by atoms with Crippen molar-refractivity contribution in [2.75, 3.05) is 0 Å². The van der Waals surface area contributed by atoms with E-state index in [0.717, 1.165) is 0 Å².